The number of rotatable bonds is 4. The molecule has 0 amide bonds. The van der Waals surface area contributed by atoms with E-state index in [0.29, 0.717) is 10.8 Å². The van der Waals surface area contributed by atoms with E-state index in [4.69, 9.17) is 11.6 Å². The van der Waals surface area contributed by atoms with Gasteiger partial charge in [-0.2, -0.15) is 4.80 Å². The average molecular weight is 380 g/mol. The van der Waals surface area contributed by atoms with Crippen molar-refractivity contribution in [3.63, 3.8) is 0 Å². The Balaban J connectivity index is 1.73. The molecule has 0 bridgehead atoms. The number of aliphatic hydroxyl groups excluding tert-OH is 1. The Kier molecular flexibility index (Phi) is 4.52. The summed E-state index contributed by atoms with van der Waals surface area (Å²) >= 11 is 9.22. The van der Waals surface area contributed by atoms with Crippen LogP contribution in [-0.4, -0.2) is 25.3 Å². The molecule has 2 aromatic carbocycles. The molecule has 0 fully saturated rings. The lowest BCUT2D eigenvalue weighted by molar-refractivity contribution is 0.144. The van der Waals surface area contributed by atoms with Gasteiger partial charge in [-0.15, -0.1) is 10.2 Å². The Morgan fingerprint density at radius 3 is 2.45 bits per heavy atom. The Hall–Kier alpha value is -1.76. The van der Waals surface area contributed by atoms with Crippen LogP contribution in [0.15, 0.2) is 53.0 Å². The van der Waals surface area contributed by atoms with Crippen molar-refractivity contribution in [2.24, 2.45) is 0 Å². The zero-order valence-electron chi connectivity index (χ0n) is 11.4. The predicted octanol–water partition coefficient (Wildman–Crippen LogP) is 3.49. The van der Waals surface area contributed by atoms with Gasteiger partial charge in [-0.25, -0.2) is 0 Å². The van der Waals surface area contributed by atoms with Crippen LogP contribution < -0.4 is 0 Å². The van der Waals surface area contributed by atoms with Crippen LogP contribution >= 0.6 is 27.5 Å². The highest BCUT2D eigenvalue weighted by atomic mass is 79.9. The third-order valence-electron chi connectivity index (χ3n) is 3.15. The summed E-state index contributed by atoms with van der Waals surface area (Å²) in [4.78, 5) is 1.39. The largest absolute Gasteiger partial charge is 0.386 e. The Bertz CT molecular complexity index is 758. The second-order valence-corrected chi connectivity index (χ2v) is 6.09. The molecule has 0 saturated heterocycles. The summed E-state index contributed by atoms with van der Waals surface area (Å²) in [7, 11) is 0. The van der Waals surface area contributed by atoms with E-state index in [2.05, 4.69) is 31.3 Å². The van der Waals surface area contributed by atoms with Gasteiger partial charge < -0.3 is 5.11 Å². The minimum absolute atomic E-state index is 0.227. The third kappa shape index (κ3) is 3.52. The molecule has 1 unspecified atom stereocenters. The van der Waals surface area contributed by atoms with Gasteiger partial charge in [-0.1, -0.05) is 39.7 Å². The molecule has 0 spiro atoms. The normalized spacial score (nSPS) is 12.3. The summed E-state index contributed by atoms with van der Waals surface area (Å²) in [6, 6.07) is 14.7. The molecule has 1 N–H and O–H groups in total. The molecule has 1 aromatic heterocycles. The fourth-order valence-electron chi connectivity index (χ4n) is 1.98. The Morgan fingerprint density at radius 2 is 1.77 bits per heavy atom. The van der Waals surface area contributed by atoms with E-state index in [-0.39, 0.29) is 6.54 Å². The first kappa shape index (κ1) is 15.1. The van der Waals surface area contributed by atoms with Gasteiger partial charge in [-0.3, -0.25) is 0 Å². The average Bonchev–Trinajstić information content (AvgIpc) is 2.97. The minimum Gasteiger partial charge on any atom is -0.386 e. The maximum atomic E-state index is 10.2. The summed E-state index contributed by atoms with van der Waals surface area (Å²) in [5.41, 5.74) is 1.63. The molecule has 7 heteroatoms. The molecule has 0 saturated carbocycles. The van der Waals surface area contributed by atoms with E-state index < -0.39 is 6.10 Å². The van der Waals surface area contributed by atoms with Gasteiger partial charge in [-0.05, 0) is 47.2 Å². The van der Waals surface area contributed by atoms with Crippen LogP contribution in [0.2, 0.25) is 5.02 Å². The van der Waals surface area contributed by atoms with E-state index in [1.165, 1.54) is 4.80 Å². The van der Waals surface area contributed by atoms with Crippen LogP contribution in [0.25, 0.3) is 11.4 Å². The topological polar surface area (TPSA) is 63.8 Å². The third-order valence-corrected chi connectivity index (χ3v) is 3.93. The lowest BCUT2D eigenvalue weighted by Crippen LogP contribution is -2.11. The Morgan fingerprint density at radius 1 is 1.09 bits per heavy atom. The summed E-state index contributed by atoms with van der Waals surface area (Å²) in [6.07, 6.45) is -0.718. The van der Waals surface area contributed by atoms with Crippen LogP contribution in [0.3, 0.4) is 0 Å². The van der Waals surface area contributed by atoms with Gasteiger partial charge in [0.05, 0.1) is 6.54 Å². The lowest BCUT2D eigenvalue weighted by Gasteiger charge is -2.09. The fraction of sp³-hybridized carbons (Fsp3) is 0.133. The molecule has 0 aliphatic carbocycles. The first-order chi connectivity index (χ1) is 10.6. The summed E-state index contributed by atoms with van der Waals surface area (Å²) in [6.45, 7) is 0.227. The highest BCUT2D eigenvalue weighted by Gasteiger charge is 2.12. The van der Waals surface area contributed by atoms with Crippen LogP contribution in [0.5, 0.6) is 0 Å². The first-order valence-corrected chi connectivity index (χ1v) is 7.76. The van der Waals surface area contributed by atoms with Crippen molar-refractivity contribution in [3.05, 3.63) is 63.6 Å². The van der Waals surface area contributed by atoms with Crippen LogP contribution in [0, 0.1) is 0 Å². The molecule has 0 aliphatic rings. The number of hydrogen-bond acceptors (Lipinski definition) is 4. The van der Waals surface area contributed by atoms with Crippen molar-refractivity contribution < 1.29 is 5.11 Å². The highest BCUT2D eigenvalue weighted by Crippen LogP contribution is 2.19. The number of hydrogen-bond donors (Lipinski definition) is 1. The molecule has 5 nitrogen and oxygen atoms in total. The zero-order chi connectivity index (χ0) is 15.5. The van der Waals surface area contributed by atoms with Crippen LogP contribution in [0.1, 0.15) is 11.7 Å². The van der Waals surface area contributed by atoms with Gasteiger partial charge in [0.2, 0.25) is 5.82 Å². The standard InChI is InChI=1S/C15H12BrClN4O/c16-12-5-1-11(2-6-12)15-18-20-21(19-15)9-14(22)10-3-7-13(17)8-4-10/h1-8,14,22H,9H2. The molecule has 112 valence electrons. The summed E-state index contributed by atoms with van der Waals surface area (Å²) < 4.78 is 0.988. The maximum absolute atomic E-state index is 10.2. The van der Waals surface area contributed by atoms with E-state index in [0.717, 1.165) is 15.6 Å². The monoisotopic (exact) mass is 378 g/mol. The minimum atomic E-state index is -0.718. The number of benzene rings is 2. The van der Waals surface area contributed by atoms with E-state index in [1.54, 1.807) is 24.3 Å². The Labute approximate surface area is 140 Å². The number of aromatic nitrogens is 4. The highest BCUT2D eigenvalue weighted by molar-refractivity contribution is 9.10. The van der Waals surface area contributed by atoms with E-state index >= 15 is 0 Å². The summed E-state index contributed by atoms with van der Waals surface area (Å²) in [5, 5.41) is 23.1. The molecular formula is C15H12BrClN4O. The smallest absolute Gasteiger partial charge is 0.204 e. The molecule has 0 aliphatic heterocycles. The molecule has 3 rings (SSSR count). The van der Waals surface area contributed by atoms with Crippen molar-refractivity contribution in [2.45, 2.75) is 12.6 Å². The molecule has 1 atom stereocenters. The van der Waals surface area contributed by atoms with Gasteiger partial charge in [0.1, 0.15) is 6.10 Å². The van der Waals surface area contributed by atoms with Crippen molar-refractivity contribution in [2.75, 3.05) is 0 Å². The predicted molar refractivity (Wildman–Crippen MR) is 87.4 cm³/mol. The summed E-state index contributed by atoms with van der Waals surface area (Å²) in [5.74, 6) is 0.524. The van der Waals surface area contributed by atoms with Crippen LogP contribution in [0.4, 0.5) is 0 Å². The molecule has 1 heterocycles. The zero-order valence-corrected chi connectivity index (χ0v) is 13.7. The van der Waals surface area contributed by atoms with Crippen molar-refractivity contribution in [1.82, 2.24) is 20.2 Å². The lowest BCUT2D eigenvalue weighted by atomic mass is 10.1. The number of nitrogens with zero attached hydrogens (tertiary/aromatic N) is 4. The SMILES string of the molecule is OC(Cn1nnc(-c2ccc(Br)cc2)n1)c1ccc(Cl)cc1. The van der Waals surface area contributed by atoms with Crippen molar-refractivity contribution >= 4 is 27.5 Å². The van der Waals surface area contributed by atoms with Crippen molar-refractivity contribution in [1.29, 1.82) is 0 Å². The number of halogens is 2. The second kappa shape index (κ2) is 6.56. The number of tetrazole rings is 1. The number of aliphatic hydroxyl groups is 1. The van der Waals surface area contributed by atoms with E-state index in [1.807, 2.05) is 24.3 Å². The second-order valence-electron chi connectivity index (χ2n) is 4.74. The van der Waals surface area contributed by atoms with Gasteiger partial charge in [0, 0.05) is 15.1 Å². The van der Waals surface area contributed by atoms with E-state index in [9.17, 15) is 5.11 Å². The van der Waals surface area contributed by atoms with Gasteiger partial charge >= 0.3 is 0 Å². The molecule has 0 radical (unpaired) electrons. The van der Waals surface area contributed by atoms with Crippen LogP contribution in [-0.2, 0) is 6.54 Å². The molecule has 3 aromatic rings. The fourth-order valence-corrected chi connectivity index (χ4v) is 2.37. The molecule has 22 heavy (non-hydrogen) atoms. The van der Waals surface area contributed by atoms with Gasteiger partial charge in [0.25, 0.3) is 0 Å². The molecular weight excluding hydrogens is 368 g/mol. The quantitative estimate of drug-likeness (QED) is 0.753. The van der Waals surface area contributed by atoms with Crippen molar-refractivity contribution in [3.8, 4) is 11.4 Å². The maximum Gasteiger partial charge on any atom is 0.204 e. The first-order valence-electron chi connectivity index (χ1n) is 6.59. The van der Waals surface area contributed by atoms with Gasteiger partial charge in [0.15, 0.2) is 0 Å².